The van der Waals surface area contributed by atoms with E-state index in [9.17, 15) is 31.1 Å². The molecule has 1 rings (SSSR count). The predicted molar refractivity (Wildman–Crippen MR) is 45.1 cm³/mol. The summed E-state index contributed by atoms with van der Waals surface area (Å²) in [6.45, 7) is -2.21. The monoisotopic (exact) mass is 264 g/mol. The summed E-state index contributed by atoms with van der Waals surface area (Å²) in [5, 5.41) is 3.42. The van der Waals surface area contributed by atoms with Crippen molar-refractivity contribution in [3.63, 3.8) is 0 Å². The molecule has 0 aromatic carbocycles. The fourth-order valence-electron chi connectivity index (χ4n) is 1.23. The summed E-state index contributed by atoms with van der Waals surface area (Å²) in [5.74, 6) is -1.09. The highest BCUT2D eigenvalue weighted by atomic mass is 19.4. The minimum atomic E-state index is -4.56. The van der Waals surface area contributed by atoms with Crippen LogP contribution in [0.1, 0.15) is 12.8 Å². The van der Waals surface area contributed by atoms with Crippen LogP contribution in [0.4, 0.5) is 26.3 Å². The smallest absolute Gasteiger partial charge is 0.341 e. The molecule has 0 spiro atoms. The second-order valence-corrected chi connectivity index (χ2v) is 3.85. The van der Waals surface area contributed by atoms with Gasteiger partial charge in [0.25, 0.3) is 0 Å². The molecule has 0 bridgehead atoms. The molecule has 1 saturated carbocycles. The third-order valence-electron chi connectivity index (χ3n) is 2.28. The molecule has 9 heteroatoms. The number of carbonyl (C=O) groups is 1. The summed E-state index contributed by atoms with van der Waals surface area (Å²) in [5.41, 5.74) is -2.23. The summed E-state index contributed by atoms with van der Waals surface area (Å²) in [7, 11) is 0. The first-order valence-corrected chi connectivity index (χ1v) is 4.71. The van der Waals surface area contributed by atoms with Gasteiger partial charge in [0.15, 0.2) is 0 Å². The molecule has 0 aromatic rings. The summed E-state index contributed by atoms with van der Waals surface area (Å²) < 4.78 is 72.1. The van der Waals surface area contributed by atoms with Gasteiger partial charge in [0.1, 0.15) is 5.54 Å². The molecule has 0 atom stereocenters. The van der Waals surface area contributed by atoms with Crippen molar-refractivity contribution in [1.82, 2.24) is 10.6 Å². The van der Waals surface area contributed by atoms with E-state index < -0.39 is 36.9 Å². The summed E-state index contributed by atoms with van der Waals surface area (Å²) in [6, 6.07) is 0. The third-order valence-corrected chi connectivity index (χ3v) is 2.28. The molecule has 0 heterocycles. The van der Waals surface area contributed by atoms with Crippen LogP contribution in [0.25, 0.3) is 0 Å². The first-order valence-electron chi connectivity index (χ1n) is 4.71. The van der Waals surface area contributed by atoms with Gasteiger partial charge in [0.05, 0.1) is 13.1 Å². The van der Waals surface area contributed by atoms with Gasteiger partial charge in [0.2, 0.25) is 5.91 Å². The van der Waals surface area contributed by atoms with Crippen LogP contribution < -0.4 is 10.6 Å². The van der Waals surface area contributed by atoms with Gasteiger partial charge in [-0.05, 0) is 12.8 Å². The number of halogens is 6. The van der Waals surface area contributed by atoms with E-state index in [1.54, 1.807) is 10.6 Å². The van der Waals surface area contributed by atoms with E-state index in [4.69, 9.17) is 0 Å². The van der Waals surface area contributed by atoms with Crippen LogP contribution in [0.15, 0.2) is 0 Å². The van der Waals surface area contributed by atoms with E-state index in [2.05, 4.69) is 0 Å². The summed E-state index contributed by atoms with van der Waals surface area (Å²) in [4.78, 5) is 11.0. The largest absolute Gasteiger partial charge is 0.411 e. The number of nitrogens with one attached hydrogen (secondary N) is 2. The Labute approximate surface area is 92.5 Å². The predicted octanol–water partition coefficient (Wildman–Crippen LogP) is 1.35. The zero-order chi connectivity index (χ0) is 13.3. The fourth-order valence-corrected chi connectivity index (χ4v) is 1.23. The highest BCUT2D eigenvalue weighted by Gasteiger charge is 2.64. The zero-order valence-corrected chi connectivity index (χ0v) is 8.50. The van der Waals surface area contributed by atoms with E-state index >= 15 is 0 Å². The van der Waals surface area contributed by atoms with Gasteiger partial charge < -0.3 is 10.6 Å². The summed E-state index contributed by atoms with van der Waals surface area (Å²) in [6.07, 6.45) is -9.53. The molecule has 2 N–H and O–H groups in total. The lowest BCUT2D eigenvalue weighted by Gasteiger charge is -2.20. The molecule has 1 amide bonds. The summed E-state index contributed by atoms with van der Waals surface area (Å²) >= 11 is 0. The second-order valence-electron chi connectivity index (χ2n) is 3.85. The average Bonchev–Trinajstić information content (AvgIpc) is 2.81. The highest BCUT2D eigenvalue weighted by Crippen LogP contribution is 2.48. The molecule has 0 unspecified atom stereocenters. The van der Waals surface area contributed by atoms with Crippen LogP contribution in [0.5, 0.6) is 0 Å². The number of hydrogen-bond donors (Lipinski definition) is 2. The lowest BCUT2D eigenvalue weighted by atomic mass is 10.2. The number of carbonyl (C=O) groups excluding carboxylic acids is 1. The number of alkyl halides is 6. The second kappa shape index (κ2) is 4.35. The Morgan fingerprint density at radius 2 is 1.65 bits per heavy atom. The van der Waals surface area contributed by atoms with Gasteiger partial charge in [-0.2, -0.15) is 26.3 Å². The molecular weight excluding hydrogens is 254 g/mol. The Balaban J connectivity index is 2.32. The molecular formula is C8H10F6N2O. The van der Waals surface area contributed by atoms with Gasteiger partial charge in [-0.15, -0.1) is 0 Å². The Morgan fingerprint density at radius 1 is 1.12 bits per heavy atom. The van der Waals surface area contributed by atoms with Crippen molar-refractivity contribution in [1.29, 1.82) is 0 Å². The van der Waals surface area contributed by atoms with Crippen molar-refractivity contribution >= 4 is 5.91 Å². The average molecular weight is 264 g/mol. The van der Waals surface area contributed by atoms with E-state index in [0.29, 0.717) is 0 Å². The molecule has 17 heavy (non-hydrogen) atoms. The highest BCUT2D eigenvalue weighted by molar-refractivity contribution is 5.79. The van der Waals surface area contributed by atoms with Crippen molar-refractivity contribution < 1.29 is 31.1 Å². The molecule has 100 valence electrons. The maximum atomic E-state index is 12.4. The quantitative estimate of drug-likeness (QED) is 0.752. The fraction of sp³-hybridized carbons (Fsp3) is 0.875. The van der Waals surface area contributed by atoms with Crippen LogP contribution >= 0.6 is 0 Å². The Kier molecular flexibility index (Phi) is 3.60. The normalized spacial score (nSPS) is 18.9. The van der Waals surface area contributed by atoms with E-state index in [-0.39, 0.29) is 12.8 Å². The van der Waals surface area contributed by atoms with Gasteiger partial charge >= 0.3 is 12.4 Å². The minimum Gasteiger partial charge on any atom is -0.341 e. The zero-order valence-electron chi connectivity index (χ0n) is 8.50. The Bertz CT molecular complexity index is 293. The molecule has 1 fully saturated rings. The topological polar surface area (TPSA) is 41.1 Å². The van der Waals surface area contributed by atoms with Crippen LogP contribution in [0.2, 0.25) is 0 Å². The molecule has 3 nitrogen and oxygen atoms in total. The van der Waals surface area contributed by atoms with Crippen LogP contribution in [-0.2, 0) is 4.79 Å². The molecule has 1 aliphatic rings. The van der Waals surface area contributed by atoms with E-state index in [1.807, 2.05) is 0 Å². The maximum Gasteiger partial charge on any atom is 0.411 e. The van der Waals surface area contributed by atoms with Gasteiger partial charge in [-0.3, -0.25) is 4.79 Å². The van der Waals surface area contributed by atoms with Gasteiger partial charge in [0, 0.05) is 0 Å². The molecule has 1 aliphatic carbocycles. The number of hydrogen-bond acceptors (Lipinski definition) is 2. The Morgan fingerprint density at radius 3 is 2.00 bits per heavy atom. The van der Waals surface area contributed by atoms with E-state index in [1.165, 1.54) is 0 Å². The molecule has 0 saturated heterocycles. The van der Waals surface area contributed by atoms with Crippen molar-refractivity contribution in [2.45, 2.75) is 30.7 Å². The van der Waals surface area contributed by atoms with E-state index in [0.717, 1.165) is 0 Å². The van der Waals surface area contributed by atoms with Crippen molar-refractivity contribution in [3.8, 4) is 0 Å². The van der Waals surface area contributed by atoms with Crippen LogP contribution in [-0.4, -0.2) is 36.9 Å². The molecule has 0 radical (unpaired) electrons. The third kappa shape index (κ3) is 4.06. The molecule has 0 aromatic heterocycles. The lowest BCUT2D eigenvalue weighted by Crippen LogP contribution is -2.50. The van der Waals surface area contributed by atoms with Crippen molar-refractivity contribution in [2.24, 2.45) is 0 Å². The first kappa shape index (κ1) is 14.1. The van der Waals surface area contributed by atoms with Crippen LogP contribution in [0, 0.1) is 0 Å². The first-order chi connectivity index (χ1) is 7.56. The standard InChI is InChI=1S/C8H10F6N2O/c9-7(10,11)4-15-3-5(17)16-6(1-2-6)8(12,13)14/h15H,1-4H2,(H,16,17). The Hall–Kier alpha value is -0.990. The van der Waals surface area contributed by atoms with Crippen molar-refractivity contribution in [3.05, 3.63) is 0 Å². The maximum absolute atomic E-state index is 12.4. The van der Waals surface area contributed by atoms with Crippen LogP contribution in [0.3, 0.4) is 0 Å². The number of amides is 1. The SMILES string of the molecule is O=C(CNCC(F)(F)F)NC1(C(F)(F)F)CC1. The van der Waals surface area contributed by atoms with Gasteiger partial charge in [-0.1, -0.05) is 0 Å². The lowest BCUT2D eigenvalue weighted by molar-refractivity contribution is -0.170. The van der Waals surface area contributed by atoms with Gasteiger partial charge in [-0.25, -0.2) is 0 Å². The molecule has 0 aliphatic heterocycles. The minimum absolute atomic E-state index is 0.235. The number of rotatable bonds is 4. The van der Waals surface area contributed by atoms with Crippen molar-refractivity contribution in [2.75, 3.05) is 13.1 Å².